The normalized spacial score (nSPS) is 10.8. The maximum absolute atomic E-state index is 4.24. The number of benzene rings is 2. The molecule has 0 radical (unpaired) electrons. The van der Waals surface area contributed by atoms with Crippen LogP contribution in [0.2, 0.25) is 0 Å². The molecule has 0 fully saturated rings. The van der Waals surface area contributed by atoms with Crippen LogP contribution in [0.1, 0.15) is 0 Å². The number of rotatable bonds is 4. The van der Waals surface area contributed by atoms with Crippen molar-refractivity contribution in [1.82, 2.24) is 20.4 Å². The minimum atomic E-state index is 0.121. The summed E-state index contributed by atoms with van der Waals surface area (Å²) in [6.45, 7) is 0. The molecule has 0 atom stereocenters. The molecule has 4 nitrogen and oxygen atoms in total. The Morgan fingerprint density at radius 2 is 1.04 bits per heavy atom. The van der Waals surface area contributed by atoms with Crippen molar-refractivity contribution in [3.05, 3.63) is 73.1 Å². The van der Waals surface area contributed by atoms with Crippen LogP contribution < -0.4 is 8.92 Å². The molecule has 2 aromatic heterocycles. The van der Waals surface area contributed by atoms with E-state index in [-0.39, 0.29) is 15.0 Å². The monoisotopic (exact) mass is 366 g/mol. The summed E-state index contributed by atoms with van der Waals surface area (Å²) >= 11 is 0.121. The number of nitrogens with zero attached hydrogens (tertiary/aromatic N) is 2. The standard InChI is InChI=1S/C18H14N4Se/c1-3-7-13(8-4-1)17-15(11-19-21-17)23-16-12-20-22-18(16)14-9-5-2-6-10-14/h1-12H,(H,19,21)(H,20,22). The third kappa shape index (κ3) is 2.84. The number of nitrogens with one attached hydrogen (secondary N) is 2. The molecule has 0 aliphatic rings. The number of aromatic amines is 2. The van der Waals surface area contributed by atoms with Gasteiger partial charge in [-0.1, -0.05) is 0 Å². The molecule has 2 aromatic carbocycles. The van der Waals surface area contributed by atoms with Crippen molar-refractivity contribution in [2.45, 2.75) is 0 Å². The average Bonchev–Trinajstić information content (AvgIpc) is 3.26. The first-order valence-electron chi connectivity index (χ1n) is 7.27. The zero-order valence-corrected chi connectivity index (χ0v) is 13.9. The molecule has 2 N–H and O–H groups in total. The van der Waals surface area contributed by atoms with Crippen molar-refractivity contribution in [1.29, 1.82) is 0 Å². The summed E-state index contributed by atoms with van der Waals surface area (Å²) in [5, 5.41) is 14.7. The molecule has 0 aliphatic carbocycles. The first-order valence-corrected chi connectivity index (χ1v) is 8.98. The van der Waals surface area contributed by atoms with E-state index in [1.165, 1.54) is 8.92 Å². The molecule has 2 heterocycles. The van der Waals surface area contributed by atoms with E-state index >= 15 is 0 Å². The topological polar surface area (TPSA) is 57.4 Å². The number of hydrogen-bond acceptors (Lipinski definition) is 2. The molecule has 0 unspecified atom stereocenters. The second-order valence-corrected chi connectivity index (χ2v) is 7.33. The Labute approximate surface area is 140 Å². The second-order valence-electron chi connectivity index (χ2n) is 5.05. The van der Waals surface area contributed by atoms with Crippen LogP contribution in [0.3, 0.4) is 0 Å². The van der Waals surface area contributed by atoms with Gasteiger partial charge in [-0.25, -0.2) is 0 Å². The van der Waals surface area contributed by atoms with E-state index in [4.69, 9.17) is 0 Å². The van der Waals surface area contributed by atoms with Crippen LogP contribution in [0.4, 0.5) is 0 Å². The van der Waals surface area contributed by atoms with Gasteiger partial charge in [0.25, 0.3) is 0 Å². The SMILES string of the molecule is c1ccc(-c2[nH]ncc2[Se]c2cn[nH]c2-c2ccccc2)cc1. The molecular weight excluding hydrogens is 351 g/mol. The predicted molar refractivity (Wildman–Crippen MR) is 93.1 cm³/mol. The van der Waals surface area contributed by atoms with Crippen LogP contribution in [0.25, 0.3) is 22.5 Å². The van der Waals surface area contributed by atoms with Crippen LogP contribution in [0.15, 0.2) is 73.1 Å². The summed E-state index contributed by atoms with van der Waals surface area (Å²) in [5.74, 6) is 0. The van der Waals surface area contributed by atoms with E-state index in [2.05, 4.69) is 44.7 Å². The van der Waals surface area contributed by atoms with Gasteiger partial charge in [-0.2, -0.15) is 0 Å². The van der Waals surface area contributed by atoms with Crippen molar-refractivity contribution < 1.29 is 0 Å². The van der Waals surface area contributed by atoms with Gasteiger partial charge in [0.1, 0.15) is 0 Å². The van der Waals surface area contributed by atoms with E-state index in [1.807, 2.05) is 48.8 Å². The number of H-pyrrole nitrogens is 2. The molecule has 0 aliphatic heterocycles. The fourth-order valence-electron chi connectivity index (χ4n) is 2.45. The van der Waals surface area contributed by atoms with Crippen molar-refractivity contribution in [2.24, 2.45) is 0 Å². The summed E-state index contributed by atoms with van der Waals surface area (Å²) < 4.78 is 2.45. The fourth-order valence-corrected chi connectivity index (χ4v) is 4.50. The molecule has 0 amide bonds. The van der Waals surface area contributed by atoms with Gasteiger partial charge < -0.3 is 0 Å². The first-order chi connectivity index (χ1) is 11.4. The fraction of sp³-hybridized carbons (Fsp3) is 0. The van der Waals surface area contributed by atoms with E-state index < -0.39 is 0 Å². The molecule has 5 heteroatoms. The Kier molecular flexibility index (Phi) is 3.80. The van der Waals surface area contributed by atoms with Gasteiger partial charge in [-0.05, 0) is 0 Å². The van der Waals surface area contributed by atoms with E-state index in [1.54, 1.807) is 0 Å². The van der Waals surface area contributed by atoms with Gasteiger partial charge in [0.15, 0.2) is 0 Å². The van der Waals surface area contributed by atoms with Gasteiger partial charge in [0.2, 0.25) is 0 Å². The van der Waals surface area contributed by atoms with Gasteiger partial charge in [0, 0.05) is 0 Å². The summed E-state index contributed by atoms with van der Waals surface area (Å²) in [7, 11) is 0. The molecule has 4 rings (SSSR count). The number of aromatic nitrogens is 4. The summed E-state index contributed by atoms with van der Waals surface area (Å²) in [6, 6.07) is 20.6. The Hall–Kier alpha value is -2.62. The molecule has 112 valence electrons. The van der Waals surface area contributed by atoms with Gasteiger partial charge >= 0.3 is 140 Å². The Bertz CT molecular complexity index is 821. The van der Waals surface area contributed by atoms with Crippen LogP contribution in [-0.4, -0.2) is 35.4 Å². The first kappa shape index (κ1) is 14.0. The minimum absolute atomic E-state index is 0.121. The second kappa shape index (κ2) is 6.24. The van der Waals surface area contributed by atoms with Gasteiger partial charge in [-0.3, -0.25) is 0 Å². The third-order valence-corrected chi connectivity index (χ3v) is 5.78. The molecule has 0 saturated heterocycles. The van der Waals surface area contributed by atoms with Crippen molar-refractivity contribution in [3.63, 3.8) is 0 Å². The quantitative estimate of drug-likeness (QED) is 0.545. The van der Waals surface area contributed by atoms with Crippen molar-refractivity contribution in [3.8, 4) is 22.5 Å². The van der Waals surface area contributed by atoms with Gasteiger partial charge in [0.05, 0.1) is 0 Å². The van der Waals surface area contributed by atoms with E-state index in [0.717, 1.165) is 22.5 Å². The number of hydrogen-bond donors (Lipinski definition) is 2. The van der Waals surface area contributed by atoms with Gasteiger partial charge in [-0.15, -0.1) is 0 Å². The van der Waals surface area contributed by atoms with E-state index in [9.17, 15) is 0 Å². The molecule has 0 bridgehead atoms. The predicted octanol–water partition coefficient (Wildman–Crippen LogP) is 2.12. The average molecular weight is 365 g/mol. The van der Waals surface area contributed by atoms with Crippen LogP contribution in [-0.2, 0) is 0 Å². The van der Waals surface area contributed by atoms with E-state index in [0.29, 0.717) is 0 Å². The summed E-state index contributed by atoms with van der Waals surface area (Å²) in [6.07, 6.45) is 3.84. The molecule has 0 saturated carbocycles. The molecule has 0 spiro atoms. The Morgan fingerprint density at radius 3 is 1.48 bits per heavy atom. The Balaban J connectivity index is 1.69. The zero-order valence-electron chi connectivity index (χ0n) is 12.2. The van der Waals surface area contributed by atoms with Crippen molar-refractivity contribution in [2.75, 3.05) is 0 Å². The molecular formula is C18H14N4Se. The molecule has 23 heavy (non-hydrogen) atoms. The summed E-state index contributed by atoms with van der Waals surface area (Å²) in [4.78, 5) is 0. The third-order valence-electron chi connectivity index (χ3n) is 3.55. The van der Waals surface area contributed by atoms with Crippen molar-refractivity contribution >= 4 is 23.9 Å². The van der Waals surface area contributed by atoms with Crippen LogP contribution in [0, 0.1) is 0 Å². The maximum atomic E-state index is 4.24. The summed E-state index contributed by atoms with van der Waals surface area (Å²) in [5.41, 5.74) is 4.50. The zero-order chi connectivity index (χ0) is 15.5. The Morgan fingerprint density at radius 1 is 0.609 bits per heavy atom. The van der Waals surface area contributed by atoms with Crippen LogP contribution >= 0.6 is 0 Å². The van der Waals surface area contributed by atoms with Crippen LogP contribution in [0.5, 0.6) is 0 Å². The molecule has 4 aromatic rings.